The Morgan fingerprint density at radius 1 is 1.06 bits per heavy atom. The number of carbonyl (C=O) groups excluding carboxylic acids is 2. The van der Waals surface area contributed by atoms with Crippen molar-refractivity contribution in [3.63, 3.8) is 0 Å². The molecule has 32 heavy (non-hydrogen) atoms. The van der Waals surface area contributed by atoms with Crippen molar-refractivity contribution in [2.75, 3.05) is 5.75 Å². The molecule has 0 saturated heterocycles. The Morgan fingerprint density at radius 2 is 1.78 bits per heavy atom. The molecule has 2 aromatic carbocycles. The minimum absolute atomic E-state index is 0.00785. The smallest absolute Gasteiger partial charge is 0.243 e. The SMILES string of the molecule is CC[C@@H](C(=O)NC1CCCCC1)N(Cc1ccccc1)C(=O)CSCc1cccc(Cl)c1. The topological polar surface area (TPSA) is 49.4 Å². The Hall–Kier alpha value is -1.98. The predicted molar refractivity (Wildman–Crippen MR) is 134 cm³/mol. The molecule has 1 fully saturated rings. The molecule has 1 aliphatic carbocycles. The summed E-state index contributed by atoms with van der Waals surface area (Å²) < 4.78 is 0. The summed E-state index contributed by atoms with van der Waals surface area (Å²) in [5, 5.41) is 3.92. The highest BCUT2D eigenvalue weighted by molar-refractivity contribution is 7.99. The predicted octanol–water partition coefficient (Wildman–Crippen LogP) is 5.83. The Morgan fingerprint density at radius 3 is 2.47 bits per heavy atom. The van der Waals surface area contributed by atoms with E-state index in [1.807, 2.05) is 61.5 Å². The van der Waals surface area contributed by atoms with Crippen molar-refractivity contribution < 1.29 is 9.59 Å². The lowest BCUT2D eigenvalue weighted by Gasteiger charge is -2.32. The molecular formula is C26H33ClN2O2S. The van der Waals surface area contributed by atoms with E-state index in [0.29, 0.717) is 29.5 Å². The van der Waals surface area contributed by atoms with Crippen LogP contribution in [0.25, 0.3) is 0 Å². The minimum atomic E-state index is -0.462. The highest BCUT2D eigenvalue weighted by Gasteiger charge is 2.30. The summed E-state index contributed by atoms with van der Waals surface area (Å²) in [7, 11) is 0. The van der Waals surface area contributed by atoms with Crippen molar-refractivity contribution in [1.29, 1.82) is 0 Å². The summed E-state index contributed by atoms with van der Waals surface area (Å²) in [6.07, 6.45) is 6.22. The van der Waals surface area contributed by atoms with Crippen molar-refractivity contribution in [3.8, 4) is 0 Å². The third-order valence-corrected chi connectivity index (χ3v) is 7.14. The molecule has 0 bridgehead atoms. The summed E-state index contributed by atoms with van der Waals surface area (Å²) >= 11 is 7.63. The molecule has 1 atom stereocenters. The van der Waals surface area contributed by atoms with Gasteiger partial charge in [0.2, 0.25) is 11.8 Å². The van der Waals surface area contributed by atoms with Gasteiger partial charge < -0.3 is 10.2 Å². The van der Waals surface area contributed by atoms with Crippen molar-refractivity contribution in [3.05, 3.63) is 70.7 Å². The molecule has 0 spiro atoms. The van der Waals surface area contributed by atoms with Crippen LogP contribution in [0, 0.1) is 0 Å². The van der Waals surface area contributed by atoms with Gasteiger partial charge in [-0.3, -0.25) is 9.59 Å². The van der Waals surface area contributed by atoms with Crippen LogP contribution in [0.3, 0.4) is 0 Å². The van der Waals surface area contributed by atoms with Gasteiger partial charge in [-0.15, -0.1) is 11.8 Å². The van der Waals surface area contributed by atoms with E-state index < -0.39 is 6.04 Å². The van der Waals surface area contributed by atoms with Crippen LogP contribution in [0.1, 0.15) is 56.6 Å². The van der Waals surface area contributed by atoms with Gasteiger partial charge in [0.1, 0.15) is 6.04 Å². The maximum atomic E-state index is 13.3. The van der Waals surface area contributed by atoms with Gasteiger partial charge in [0.05, 0.1) is 5.75 Å². The Balaban J connectivity index is 1.67. The average Bonchev–Trinajstić information content (AvgIpc) is 2.80. The van der Waals surface area contributed by atoms with Crippen LogP contribution in [-0.4, -0.2) is 34.6 Å². The number of benzene rings is 2. The number of halogens is 1. The summed E-state index contributed by atoms with van der Waals surface area (Å²) in [5.41, 5.74) is 2.12. The lowest BCUT2D eigenvalue weighted by atomic mass is 9.95. The first-order chi connectivity index (χ1) is 15.6. The lowest BCUT2D eigenvalue weighted by molar-refractivity contribution is -0.139. The molecule has 0 heterocycles. The van der Waals surface area contributed by atoms with Gasteiger partial charge in [-0.2, -0.15) is 0 Å². The van der Waals surface area contributed by atoms with Gasteiger partial charge in [0.25, 0.3) is 0 Å². The van der Waals surface area contributed by atoms with Gasteiger partial charge in [-0.25, -0.2) is 0 Å². The molecule has 1 saturated carbocycles. The summed E-state index contributed by atoms with van der Waals surface area (Å²) in [4.78, 5) is 28.2. The first-order valence-corrected chi connectivity index (χ1v) is 13.1. The second kappa shape index (κ2) is 12.9. The second-order valence-electron chi connectivity index (χ2n) is 8.40. The van der Waals surface area contributed by atoms with E-state index in [1.165, 1.54) is 6.42 Å². The largest absolute Gasteiger partial charge is 0.352 e. The molecule has 3 rings (SSSR count). The monoisotopic (exact) mass is 472 g/mol. The number of nitrogens with zero attached hydrogens (tertiary/aromatic N) is 1. The molecule has 172 valence electrons. The molecule has 6 heteroatoms. The third-order valence-electron chi connectivity index (χ3n) is 5.92. The molecule has 0 unspecified atom stereocenters. The molecule has 0 radical (unpaired) electrons. The molecule has 0 aromatic heterocycles. The van der Waals surface area contributed by atoms with Gasteiger partial charge in [0, 0.05) is 23.4 Å². The zero-order chi connectivity index (χ0) is 22.8. The Bertz CT molecular complexity index is 871. The van der Waals surface area contributed by atoms with Crippen molar-refractivity contribution in [2.24, 2.45) is 0 Å². The number of rotatable bonds is 10. The second-order valence-corrected chi connectivity index (χ2v) is 9.82. The number of nitrogens with one attached hydrogen (secondary N) is 1. The number of carbonyl (C=O) groups is 2. The van der Waals surface area contributed by atoms with E-state index in [4.69, 9.17) is 11.6 Å². The fourth-order valence-electron chi connectivity index (χ4n) is 4.21. The van der Waals surface area contributed by atoms with Crippen LogP contribution >= 0.6 is 23.4 Å². The Labute approximate surface area is 201 Å². The maximum Gasteiger partial charge on any atom is 0.243 e. The fourth-order valence-corrected chi connectivity index (χ4v) is 5.28. The van der Waals surface area contributed by atoms with E-state index in [0.717, 1.165) is 36.8 Å². The van der Waals surface area contributed by atoms with E-state index in [2.05, 4.69) is 5.32 Å². The van der Waals surface area contributed by atoms with E-state index >= 15 is 0 Å². The number of amides is 2. The van der Waals surface area contributed by atoms with Crippen molar-refractivity contribution in [2.45, 2.75) is 69.8 Å². The van der Waals surface area contributed by atoms with Crippen LogP contribution in [0.2, 0.25) is 5.02 Å². The highest BCUT2D eigenvalue weighted by Crippen LogP contribution is 2.21. The first kappa shape index (κ1) is 24.7. The number of hydrogen-bond acceptors (Lipinski definition) is 3. The van der Waals surface area contributed by atoms with Crippen LogP contribution in [0.5, 0.6) is 0 Å². The van der Waals surface area contributed by atoms with E-state index in [-0.39, 0.29) is 17.9 Å². The summed E-state index contributed by atoms with van der Waals surface area (Å²) in [6, 6.07) is 17.4. The molecule has 0 aliphatic heterocycles. The average molecular weight is 473 g/mol. The molecule has 1 aliphatic rings. The van der Waals surface area contributed by atoms with Crippen LogP contribution in [-0.2, 0) is 21.9 Å². The van der Waals surface area contributed by atoms with E-state index in [9.17, 15) is 9.59 Å². The minimum Gasteiger partial charge on any atom is -0.352 e. The molecule has 2 amide bonds. The van der Waals surface area contributed by atoms with Crippen molar-refractivity contribution >= 4 is 35.2 Å². The number of thioether (sulfide) groups is 1. The standard InChI is InChI=1S/C26H33ClN2O2S/c1-2-24(26(31)28-23-14-7-4-8-15-23)29(17-20-10-5-3-6-11-20)25(30)19-32-18-21-12-9-13-22(27)16-21/h3,5-6,9-13,16,23-24H,2,4,7-8,14-15,17-19H2,1H3,(H,28,31)/t24-/m0/s1. The van der Waals surface area contributed by atoms with Crippen molar-refractivity contribution in [1.82, 2.24) is 10.2 Å². The van der Waals surface area contributed by atoms with Crippen LogP contribution < -0.4 is 5.32 Å². The lowest BCUT2D eigenvalue weighted by Crippen LogP contribution is -2.52. The zero-order valence-corrected chi connectivity index (χ0v) is 20.3. The Kier molecular flexibility index (Phi) is 9.94. The number of hydrogen-bond donors (Lipinski definition) is 1. The van der Waals surface area contributed by atoms with Crippen LogP contribution in [0.15, 0.2) is 54.6 Å². The molecular weight excluding hydrogens is 440 g/mol. The van der Waals surface area contributed by atoms with Gasteiger partial charge in [-0.1, -0.05) is 80.3 Å². The molecule has 4 nitrogen and oxygen atoms in total. The van der Waals surface area contributed by atoms with Crippen LogP contribution in [0.4, 0.5) is 0 Å². The summed E-state index contributed by atoms with van der Waals surface area (Å²) in [5.74, 6) is 0.998. The molecule has 1 N–H and O–H groups in total. The summed E-state index contributed by atoms with van der Waals surface area (Å²) in [6.45, 7) is 2.42. The van der Waals surface area contributed by atoms with Gasteiger partial charge in [0.15, 0.2) is 0 Å². The highest BCUT2D eigenvalue weighted by atomic mass is 35.5. The molecule has 2 aromatic rings. The zero-order valence-electron chi connectivity index (χ0n) is 18.8. The van der Waals surface area contributed by atoms with Gasteiger partial charge in [-0.05, 0) is 42.5 Å². The normalized spacial score (nSPS) is 15.2. The fraction of sp³-hybridized carbons (Fsp3) is 0.462. The third kappa shape index (κ3) is 7.56. The van der Waals surface area contributed by atoms with Gasteiger partial charge >= 0.3 is 0 Å². The van der Waals surface area contributed by atoms with E-state index in [1.54, 1.807) is 16.7 Å². The maximum absolute atomic E-state index is 13.3. The first-order valence-electron chi connectivity index (χ1n) is 11.5. The quantitative estimate of drug-likeness (QED) is 0.473.